The monoisotopic (exact) mass is 298 g/mol. The van der Waals surface area contributed by atoms with E-state index in [1.807, 2.05) is 0 Å². The highest BCUT2D eigenvalue weighted by atomic mass is 79.9. The number of nitrogens with zero attached hydrogens (tertiary/aromatic N) is 4. The van der Waals surface area contributed by atoms with E-state index >= 15 is 0 Å². The normalized spacial score (nSPS) is 17.9. The van der Waals surface area contributed by atoms with Crippen LogP contribution < -0.4 is 4.90 Å². The number of halogens is 1. The Bertz CT molecular complexity index is 373. The van der Waals surface area contributed by atoms with Gasteiger partial charge < -0.3 is 9.80 Å². The molecule has 0 unspecified atom stereocenters. The van der Waals surface area contributed by atoms with Crippen molar-refractivity contribution in [1.82, 2.24) is 14.9 Å². The second kappa shape index (κ2) is 4.90. The Labute approximate surface area is 111 Å². The summed E-state index contributed by atoms with van der Waals surface area (Å²) < 4.78 is 0.917. The zero-order chi connectivity index (χ0) is 12.5. The summed E-state index contributed by atoms with van der Waals surface area (Å²) in [6.07, 6.45) is 7.44. The van der Waals surface area contributed by atoms with Crippen LogP contribution in [0.2, 0.25) is 0 Å². The van der Waals surface area contributed by atoms with E-state index in [0.29, 0.717) is 5.54 Å². The molecule has 0 amide bonds. The first-order chi connectivity index (χ1) is 8.03. The minimum Gasteiger partial charge on any atom is -0.342 e. The molecule has 1 fully saturated rings. The van der Waals surface area contributed by atoms with Crippen LogP contribution >= 0.6 is 15.9 Å². The van der Waals surface area contributed by atoms with Crippen LogP contribution in [0, 0.1) is 0 Å². The molecule has 0 atom stereocenters. The van der Waals surface area contributed by atoms with Crippen molar-refractivity contribution in [2.75, 3.05) is 32.6 Å². The van der Waals surface area contributed by atoms with Crippen LogP contribution in [0.1, 0.15) is 19.3 Å². The summed E-state index contributed by atoms with van der Waals surface area (Å²) in [6, 6.07) is 0. The number of anilines is 1. The van der Waals surface area contributed by atoms with Crippen LogP contribution in [0.4, 0.5) is 5.95 Å². The standard InChI is InChI=1S/C12H19BrN4/c1-16(2)12(5-4-6-12)9-17(3)11-14-7-10(13)8-15-11/h7-8H,4-6,9H2,1-3H3. The molecule has 17 heavy (non-hydrogen) atoms. The molecule has 1 aromatic rings. The number of hydrogen-bond donors (Lipinski definition) is 0. The molecule has 0 aromatic carbocycles. The van der Waals surface area contributed by atoms with Crippen LogP contribution in [-0.4, -0.2) is 48.1 Å². The lowest BCUT2D eigenvalue weighted by Gasteiger charge is -2.49. The third-order valence-electron chi connectivity index (χ3n) is 3.71. The number of likely N-dealkylation sites (N-methyl/N-ethyl adjacent to an activating group) is 2. The van der Waals surface area contributed by atoms with E-state index in [1.165, 1.54) is 19.3 Å². The van der Waals surface area contributed by atoms with Gasteiger partial charge in [-0.3, -0.25) is 0 Å². The molecule has 4 nitrogen and oxygen atoms in total. The predicted octanol–water partition coefficient (Wildman–Crippen LogP) is 2.16. The summed E-state index contributed by atoms with van der Waals surface area (Å²) in [5, 5.41) is 0. The average molecular weight is 299 g/mol. The third kappa shape index (κ3) is 2.60. The van der Waals surface area contributed by atoms with Gasteiger partial charge in [-0.05, 0) is 49.3 Å². The molecule has 1 aliphatic carbocycles. The smallest absolute Gasteiger partial charge is 0.225 e. The molecule has 1 aliphatic rings. The van der Waals surface area contributed by atoms with E-state index in [0.717, 1.165) is 17.0 Å². The molecule has 1 aromatic heterocycles. The van der Waals surface area contributed by atoms with E-state index in [9.17, 15) is 0 Å². The van der Waals surface area contributed by atoms with Gasteiger partial charge in [0.05, 0.1) is 4.47 Å². The number of rotatable bonds is 4. The van der Waals surface area contributed by atoms with E-state index in [4.69, 9.17) is 0 Å². The molecular weight excluding hydrogens is 280 g/mol. The van der Waals surface area contributed by atoms with E-state index < -0.39 is 0 Å². The van der Waals surface area contributed by atoms with Gasteiger partial charge in [0.15, 0.2) is 0 Å². The molecule has 0 radical (unpaired) electrons. The van der Waals surface area contributed by atoms with Crippen molar-refractivity contribution in [2.45, 2.75) is 24.8 Å². The first-order valence-corrected chi connectivity index (χ1v) is 6.69. The van der Waals surface area contributed by atoms with Crippen LogP contribution in [0.3, 0.4) is 0 Å². The summed E-state index contributed by atoms with van der Waals surface area (Å²) in [6.45, 7) is 0.988. The summed E-state index contributed by atoms with van der Waals surface area (Å²) in [5.74, 6) is 0.793. The van der Waals surface area contributed by atoms with Gasteiger partial charge in [-0.15, -0.1) is 0 Å². The van der Waals surface area contributed by atoms with Crippen molar-refractivity contribution in [3.63, 3.8) is 0 Å². The molecule has 5 heteroatoms. The fourth-order valence-electron chi connectivity index (χ4n) is 2.35. The fraction of sp³-hybridized carbons (Fsp3) is 0.667. The zero-order valence-electron chi connectivity index (χ0n) is 10.6. The molecular formula is C12H19BrN4. The molecule has 0 spiro atoms. The molecule has 0 bridgehead atoms. The first kappa shape index (κ1) is 12.8. The highest BCUT2D eigenvalue weighted by Gasteiger charge is 2.40. The Morgan fingerprint density at radius 3 is 2.24 bits per heavy atom. The second-order valence-corrected chi connectivity index (χ2v) is 5.95. The quantitative estimate of drug-likeness (QED) is 0.853. The molecule has 2 rings (SSSR count). The van der Waals surface area contributed by atoms with Crippen molar-refractivity contribution in [3.8, 4) is 0 Å². The number of hydrogen-bond acceptors (Lipinski definition) is 4. The van der Waals surface area contributed by atoms with Gasteiger partial charge in [-0.25, -0.2) is 9.97 Å². The Balaban J connectivity index is 2.05. The van der Waals surface area contributed by atoms with Crippen molar-refractivity contribution < 1.29 is 0 Å². The highest BCUT2D eigenvalue weighted by molar-refractivity contribution is 9.10. The van der Waals surface area contributed by atoms with Crippen molar-refractivity contribution in [3.05, 3.63) is 16.9 Å². The van der Waals surface area contributed by atoms with Crippen molar-refractivity contribution in [1.29, 1.82) is 0 Å². The summed E-state index contributed by atoms with van der Waals surface area (Å²) in [7, 11) is 6.39. The lowest BCUT2D eigenvalue weighted by atomic mass is 9.75. The van der Waals surface area contributed by atoms with Crippen LogP contribution in [0.5, 0.6) is 0 Å². The zero-order valence-corrected chi connectivity index (χ0v) is 12.2. The topological polar surface area (TPSA) is 32.3 Å². The van der Waals surface area contributed by atoms with Crippen LogP contribution in [0.25, 0.3) is 0 Å². The van der Waals surface area contributed by atoms with Gasteiger partial charge in [0.2, 0.25) is 5.95 Å². The van der Waals surface area contributed by atoms with Gasteiger partial charge in [0.1, 0.15) is 0 Å². The Morgan fingerprint density at radius 2 is 1.82 bits per heavy atom. The van der Waals surface area contributed by atoms with Gasteiger partial charge in [-0.2, -0.15) is 0 Å². The Hall–Kier alpha value is -0.680. The molecule has 94 valence electrons. The van der Waals surface area contributed by atoms with E-state index in [-0.39, 0.29) is 0 Å². The lowest BCUT2D eigenvalue weighted by molar-refractivity contribution is 0.0680. The van der Waals surface area contributed by atoms with E-state index in [2.05, 4.69) is 56.8 Å². The van der Waals surface area contributed by atoms with Gasteiger partial charge in [0.25, 0.3) is 0 Å². The first-order valence-electron chi connectivity index (χ1n) is 5.90. The largest absolute Gasteiger partial charge is 0.342 e. The van der Waals surface area contributed by atoms with Crippen molar-refractivity contribution >= 4 is 21.9 Å². The minimum atomic E-state index is 0.311. The van der Waals surface area contributed by atoms with Gasteiger partial charge in [-0.1, -0.05) is 0 Å². The number of aromatic nitrogens is 2. The summed E-state index contributed by atoms with van der Waals surface area (Å²) in [5.41, 5.74) is 0.311. The molecule has 1 saturated carbocycles. The van der Waals surface area contributed by atoms with Crippen LogP contribution in [-0.2, 0) is 0 Å². The second-order valence-electron chi connectivity index (χ2n) is 5.03. The Morgan fingerprint density at radius 1 is 1.24 bits per heavy atom. The molecule has 1 heterocycles. The van der Waals surface area contributed by atoms with Gasteiger partial charge in [0, 0.05) is 31.5 Å². The molecule has 0 saturated heterocycles. The van der Waals surface area contributed by atoms with Crippen LogP contribution in [0.15, 0.2) is 16.9 Å². The molecule has 0 N–H and O–H groups in total. The fourth-order valence-corrected chi connectivity index (χ4v) is 2.55. The maximum atomic E-state index is 4.33. The summed E-state index contributed by atoms with van der Waals surface area (Å²) in [4.78, 5) is 13.1. The Kier molecular flexibility index (Phi) is 3.68. The SMILES string of the molecule is CN(CC1(N(C)C)CCC1)c1ncc(Br)cn1. The van der Waals surface area contributed by atoms with Gasteiger partial charge >= 0.3 is 0 Å². The summed E-state index contributed by atoms with van der Waals surface area (Å²) >= 11 is 3.35. The highest BCUT2D eigenvalue weighted by Crippen LogP contribution is 2.37. The average Bonchev–Trinajstić information content (AvgIpc) is 2.23. The van der Waals surface area contributed by atoms with E-state index in [1.54, 1.807) is 12.4 Å². The maximum absolute atomic E-state index is 4.33. The predicted molar refractivity (Wildman–Crippen MR) is 73.3 cm³/mol. The molecule has 0 aliphatic heterocycles. The van der Waals surface area contributed by atoms with Crippen molar-refractivity contribution in [2.24, 2.45) is 0 Å². The third-order valence-corrected chi connectivity index (χ3v) is 4.12. The minimum absolute atomic E-state index is 0.311. The maximum Gasteiger partial charge on any atom is 0.225 e. The lowest BCUT2D eigenvalue weighted by Crippen LogP contribution is -2.57.